The molecule has 2 heteroatoms. The summed E-state index contributed by atoms with van der Waals surface area (Å²) in [4.78, 5) is 2.71. The number of rotatable bonds is 3. The molecule has 0 spiro atoms. The standard InChI is InChI=1S/C16H32N2/c1-14-9-5-6-10-15(14)18(2)16(13-17)11-7-3-4-8-12-16/h14-15H,3-13,17H2,1-2H3. The second-order valence-corrected chi connectivity index (χ2v) is 6.78. The summed E-state index contributed by atoms with van der Waals surface area (Å²) in [6, 6.07) is 0.778. The molecular formula is C16H32N2. The Morgan fingerprint density at radius 3 is 2.17 bits per heavy atom. The van der Waals surface area contributed by atoms with Crippen LogP contribution in [0.25, 0.3) is 0 Å². The molecule has 2 aliphatic carbocycles. The highest BCUT2D eigenvalue weighted by molar-refractivity contribution is 4.96. The van der Waals surface area contributed by atoms with Gasteiger partial charge in [-0.05, 0) is 38.6 Å². The van der Waals surface area contributed by atoms with Crippen molar-refractivity contribution >= 4 is 0 Å². The number of nitrogens with two attached hydrogens (primary N) is 1. The van der Waals surface area contributed by atoms with Gasteiger partial charge in [-0.25, -0.2) is 0 Å². The Bertz CT molecular complexity index is 243. The lowest BCUT2D eigenvalue weighted by Gasteiger charge is -2.48. The predicted molar refractivity (Wildman–Crippen MR) is 78.7 cm³/mol. The Morgan fingerprint density at radius 2 is 1.61 bits per heavy atom. The van der Waals surface area contributed by atoms with Crippen LogP contribution in [0.4, 0.5) is 0 Å². The molecular weight excluding hydrogens is 220 g/mol. The van der Waals surface area contributed by atoms with Gasteiger partial charge in [0.2, 0.25) is 0 Å². The zero-order valence-electron chi connectivity index (χ0n) is 12.5. The van der Waals surface area contributed by atoms with Crippen LogP contribution in [0.5, 0.6) is 0 Å². The molecule has 0 aromatic rings. The van der Waals surface area contributed by atoms with Gasteiger partial charge in [-0.3, -0.25) is 4.90 Å². The Balaban J connectivity index is 2.09. The maximum absolute atomic E-state index is 6.22. The van der Waals surface area contributed by atoms with Crippen molar-refractivity contribution in [2.45, 2.75) is 82.7 Å². The van der Waals surface area contributed by atoms with Crippen molar-refractivity contribution in [2.75, 3.05) is 13.6 Å². The van der Waals surface area contributed by atoms with Gasteiger partial charge in [0.15, 0.2) is 0 Å². The van der Waals surface area contributed by atoms with E-state index in [1.54, 1.807) is 0 Å². The molecule has 106 valence electrons. The van der Waals surface area contributed by atoms with Gasteiger partial charge in [-0.15, -0.1) is 0 Å². The third kappa shape index (κ3) is 2.91. The van der Waals surface area contributed by atoms with Crippen molar-refractivity contribution in [1.29, 1.82) is 0 Å². The third-order valence-electron chi connectivity index (χ3n) is 5.73. The van der Waals surface area contributed by atoms with Gasteiger partial charge >= 0.3 is 0 Å². The quantitative estimate of drug-likeness (QED) is 0.778. The lowest BCUT2D eigenvalue weighted by Crippen LogP contribution is -2.57. The maximum atomic E-state index is 6.22. The van der Waals surface area contributed by atoms with E-state index in [1.807, 2.05) is 0 Å². The molecule has 2 atom stereocenters. The molecule has 2 saturated carbocycles. The minimum absolute atomic E-state index is 0.312. The molecule has 0 aliphatic heterocycles. The first kappa shape index (κ1) is 14.3. The van der Waals surface area contributed by atoms with E-state index in [1.165, 1.54) is 64.2 Å². The van der Waals surface area contributed by atoms with Crippen molar-refractivity contribution in [3.63, 3.8) is 0 Å². The zero-order valence-corrected chi connectivity index (χ0v) is 12.5. The van der Waals surface area contributed by atoms with Crippen LogP contribution in [-0.2, 0) is 0 Å². The summed E-state index contributed by atoms with van der Waals surface area (Å²) in [5.41, 5.74) is 6.53. The first-order valence-corrected chi connectivity index (χ1v) is 8.13. The van der Waals surface area contributed by atoms with Crippen LogP contribution in [0.1, 0.15) is 71.1 Å². The van der Waals surface area contributed by atoms with E-state index >= 15 is 0 Å². The van der Waals surface area contributed by atoms with Crippen molar-refractivity contribution in [3.8, 4) is 0 Å². The molecule has 18 heavy (non-hydrogen) atoms. The molecule has 0 aromatic heterocycles. The fraction of sp³-hybridized carbons (Fsp3) is 1.00. The van der Waals surface area contributed by atoms with E-state index in [4.69, 9.17) is 5.73 Å². The average Bonchev–Trinajstić information content (AvgIpc) is 2.65. The highest BCUT2D eigenvalue weighted by Crippen LogP contribution is 2.37. The Morgan fingerprint density at radius 1 is 1.00 bits per heavy atom. The molecule has 0 aromatic carbocycles. The number of likely N-dealkylation sites (N-methyl/N-ethyl adjacent to an activating group) is 1. The van der Waals surface area contributed by atoms with Gasteiger partial charge in [0.05, 0.1) is 0 Å². The van der Waals surface area contributed by atoms with Crippen LogP contribution in [0.2, 0.25) is 0 Å². The topological polar surface area (TPSA) is 29.3 Å². The van der Waals surface area contributed by atoms with Crippen molar-refractivity contribution < 1.29 is 0 Å². The summed E-state index contributed by atoms with van der Waals surface area (Å²) < 4.78 is 0. The Labute approximate surface area is 113 Å². The molecule has 0 bridgehead atoms. The Hall–Kier alpha value is -0.0800. The van der Waals surface area contributed by atoms with Crippen LogP contribution in [0, 0.1) is 5.92 Å². The second-order valence-electron chi connectivity index (χ2n) is 6.78. The van der Waals surface area contributed by atoms with E-state index in [9.17, 15) is 0 Å². The zero-order chi connectivity index (χ0) is 13.0. The summed E-state index contributed by atoms with van der Waals surface area (Å²) >= 11 is 0. The molecule has 2 N–H and O–H groups in total. The van der Waals surface area contributed by atoms with Crippen molar-refractivity contribution in [1.82, 2.24) is 4.90 Å². The fourth-order valence-corrected chi connectivity index (χ4v) is 4.31. The molecule has 2 nitrogen and oxygen atoms in total. The van der Waals surface area contributed by atoms with Gasteiger partial charge < -0.3 is 5.73 Å². The van der Waals surface area contributed by atoms with E-state index in [0.29, 0.717) is 5.54 Å². The van der Waals surface area contributed by atoms with E-state index in [2.05, 4.69) is 18.9 Å². The smallest absolute Gasteiger partial charge is 0.0331 e. The largest absolute Gasteiger partial charge is 0.329 e. The minimum atomic E-state index is 0.312. The van der Waals surface area contributed by atoms with Gasteiger partial charge in [0.1, 0.15) is 0 Å². The molecule has 2 rings (SSSR count). The van der Waals surface area contributed by atoms with E-state index in [0.717, 1.165) is 18.5 Å². The molecule has 2 fully saturated rings. The average molecular weight is 252 g/mol. The monoisotopic (exact) mass is 252 g/mol. The molecule has 2 aliphatic rings. The van der Waals surface area contributed by atoms with Gasteiger partial charge in [-0.1, -0.05) is 45.4 Å². The van der Waals surface area contributed by atoms with Crippen LogP contribution < -0.4 is 5.73 Å². The first-order valence-electron chi connectivity index (χ1n) is 8.13. The second kappa shape index (κ2) is 6.38. The summed E-state index contributed by atoms with van der Waals surface area (Å²) in [7, 11) is 2.37. The summed E-state index contributed by atoms with van der Waals surface area (Å²) in [5.74, 6) is 0.857. The summed E-state index contributed by atoms with van der Waals surface area (Å²) in [6.07, 6.45) is 13.9. The molecule has 0 amide bonds. The van der Waals surface area contributed by atoms with E-state index in [-0.39, 0.29) is 0 Å². The predicted octanol–water partition coefficient (Wildman–Crippen LogP) is 3.55. The third-order valence-corrected chi connectivity index (χ3v) is 5.73. The highest BCUT2D eigenvalue weighted by atomic mass is 15.2. The fourth-order valence-electron chi connectivity index (χ4n) is 4.31. The SMILES string of the molecule is CC1CCCCC1N(C)C1(CN)CCCCCC1. The van der Waals surface area contributed by atoms with Crippen molar-refractivity contribution in [3.05, 3.63) is 0 Å². The van der Waals surface area contributed by atoms with Gasteiger partial charge in [0.25, 0.3) is 0 Å². The number of nitrogens with zero attached hydrogens (tertiary/aromatic N) is 1. The maximum Gasteiger partial charge on any atom is 0.0331 e. The normalized spacial score (nSPS) is 33.3. The van der Waals surface area contributed by atoms with Gasteiger partial charge in [0, 0.05) is 18.1 Å². The van der Waals surface area contributed by atoms with Gasteiger partial charge in [-0.2, -0.15) is 0 Å². The molecule has 0 radical (unpaired) electrons. The molecule has 2 unspecified atom stereocenters. The first-order chi connectivity index (χ1) is 8.69. The summed E-state index contributed by atoms with van der Waals surface area (Å²) in [6.45, 7) is 3.30. The van der Waals surface area contributed by atoms with Crippen molar-refractivity contribution in [2.24, 2.45) is 11.7 Å². The number of hydrogen-bond acceptors (Lipinski definition) is 2. The Kier molecular flexibility index (Phi) is 5.08. The van der Waals surface area contributed by atoms with E-state index < -0.39 is 0 Å². The summed E-state index contributed by atoms with van der Waals surface area (Å²) in [5, 5.41) is 0. The highest BCUT2D eigenvalue weighted by Gasteiger charge is 2.39. The lowest BCUT2D eigenvalue weighted by atomic mass is 9.80. The van der Waals surface area contributed by atoms with Crippen LogP contribution in [-0.4, -0.2) is 30.1 Å². The number of hydrogen-bond donors (Lipinski definition) is 1. The van der Waals surface area contributed by atoms with Crippen LogP contribution in [0.3, 0.4) is 0 Å². The molecule has 0 heterocycles. The van der Waals surface area contributed by atoms with Crippen LogP contribution in [0.15, 0.2) is 0 Å². The molecule has 0 saturated heterocycles. The minimum Gasteiger partial charge on any atom is -0.329 e. The lowest BCUT2D eigenvalue weighted by molar-refractivity contribution is 0.0211. The van der Waals surface area contributed by atoms with Crippen LogP contribution >= 0.6 is 0 Å².